The second kappa shape index (κ2) is 6.64. The third-order valence-corrected chi connectivity index (χ3v) is 3.09. The molecule has 0 aliphatic rings. The van der Waals surface area contributed by atoms with E-state index < -0.39 is 52.0 Å². The van der Waals surface area contributed by atoms with Crippen molar-refractivity contribution < 1.29 is 87.6 Å². The summed E-state index contributed by atoms with van der Waals surface area (Å²) in [5, 5.41) is -7.55. The Balaban J connectivity index is 6.45. The molecule has 1 atom stereocenters. The van der Waals surface area contributed by atoms with Gasteiger partial charge in [-0.05, 0) is 0 Å². The van der Waals surface area contributed by atoms with Gasteiger partial charge in [-0.2, -0.15) is 74.3 Å². The van der Waals surface area contributed by atoms with Gasteiger partial charge in [-0.15, -0.1) is 0 Å². The molecule has 0 amide bonds. The molecule has 0 rings (SSSR count). The van der Waals surface area contributed by atoms with E-state index in [1.807, 2.05) is 0 Å². The van der Waals surface area contributed by atoms with Gasteiger partial charge in [0, 0.05) is 0 Å². The molecule has 0 aliphatic heterocycles. The highest BCUT2D eigenvalue weighted by molar-refractivity contribution is 7.87. The predicted molar refractivity (Wildman–Crippen MR) is 47.9 cm³/mol. The molecule has 0 saturated heterocycles. The maximum atomic E-state index is 13.4. The maximum Gasteiger partial charge on any atom is 0.483 e. The standard InChI is InChI=1S/C7F16O4S/c8-1(2(9,10)11,4(15,16)27-5(17,18)3(12,13)14)26-6(19,20)7(21,22)28(23,24)25/t1-/m1/s1. The molecular weight excluding hydrogens is 484 g/mol. The second-order valence-corrected chi connectivity index (χ2v) is 5.69. The Bertz CT molecular complexity index is 676. The van der Waals surface area contributed by atoms with Gasteiger partial charge in [-0.1, -0.05) is 3.89 Å². The van der Waals surface area contributed by atoms with Crippen LogP contribution in [0.1, 0.15) is 0 Å². The van der Waals surface area contributed by atoms with Crippen molar-refractivity contribution in [2.75, 3.05) is 0 Å². The van der Waals surface area contributed by atoms with Crippen molar-refractivity contribution in [1.29, 1.82) is 0 Å². The summed E-state index contributed by atoms with van der Waals surface area (Å²) in [4.78, 5) is 0. The topological polar surface area (TPSA) is 52.6 Å². The first-order valence-corrected chi connectivity index (χ1v) is 6.73. The number of ether oxygens (including phenoxy) is 2. The first-order valence-electron chi connectivity index (χ1n) is 5.34. The molecule has 170 valence electrons. The average molecular weight is 484 g/mol. The Morgan fingerprint density at radius 1 is 0.500 bits per heavy atom. The van der Waals surface area contributed by atoms with Crippen LogP contribution in [0.2, 0.25) is 0 Å². The molecule has 0 unspecified atom stereocenters. The van der Waals surface area contributed by atoms with Crippen molar-refractivity contribution in [2.45, 2.75) is 41.8 Å². The highest BCUT2D eigenvalue weighted by Crippen LogP contribution is 2.55. The minimum atomic E-state index is -8.04. The lowest BCUT2D eigenvalue weighted by atomic mass is 10.2. The number of halogens is 16. The molecule has 21 heteroatoms. The summed E-state index contributed by atoms with van der Waals surface area (Å²) in [7, 11) is -8.04. The Morgan fingerprint density at radius 3 is 1.11 bits per heavy atom. The van der Waals surface area contributed by atoms with E-state index in [9.17, 15) is 78.2 Å². The molecule has 0 heterocycles. The summed E-state index contributed by atoms with van der Waals surface area (Å²) in [6, 6.07) is 0. The largest absolute Gasteiger partial charge is 0.483 e. The zero-order valence-corrected chi connectivity index (χ0v) is 12.4. The Morgan fingerprint density at radius 2 is 0.857 bits per heavy atom. The van der Waals surface area contributed by atoms with Crippen LogP contribution < -0.4 is 0 Å². The van der Waals surface area contributed by atoms with Crippen LogP contribution in [0.4, 0.5) is 69.7 Å². The van der Waals surface area contributed by atoms with E-state index in [4.69, 9.17) is 0 Å². The molecule has 0 aliphatic carbocycles. The Kier molecular flexibility index (Phi) is 6.34. The lowest BCUT2D eigenvalue weighted by Crippen LogP contribution is -2.65. The molecule has 0 N–H and O–H groups in total. The quantitative estimate of drug-likeness (QED) is 0.395. The van der Waals surface area contributed by atoms with Crippen LogP contribution in [0, 0.1) is 0 Å². The molecule has 0 radical (unpaired) electrons. The molecular formula is C7F16O4S. The third kappa shape index (κ3) is 4.49. The zero-order chi connectivity index (χ0) is 23.4. The molecule has 0 aromatic heterocycles. The van der Waals surface area contributed by atoms with Crippen LogP contribution in [0.25, 0.3) is 0 Å². The fourth-order valence-electron chi connectivity index (χ4n) is 0.945. The van der Waals surface area contributed by atoms with E-state index in [2.05, 4.69) is 0 Å². The minimum Gasteiger partial charge on any atom is -0.262 e. The zero-order valence-electron chi connectivity index (χ0n) is 11.6. The van der Waals surface area contributed by atoms with E-state index in [1.54, 1.807) is 0 Å². The average Bonchev–Trinajstić information content (AvgIpc) is 2.31. The maximum absolute atomic E-state index is 13.4. The van der Waals surface area contributed by atoms with Gasteiger partial charge >= 0.3 is 52.0 Å². The van der Waals surface area contributed by atoms with Crippen LogP contribution in [-0.4, -0.2) is 50.2 Å². The van der Waals surface area contributed by atoms with Gasteiger partial charge in [0.15, 0.2) is 0 Å². The van der Waals surface area contributed by atoms with Gasteiger partial charge in [0.25, 0.3) is 0 Å². The van der Waals surface area contributed by atoms with Crippen molar-refractivity contribution in [3.05, 3.63) is 0 Å². The van der Waals surface area contributed by atoms with Crippen molar-refractivity contribution in [1.82, 2.24) is 0 Å². The van der Waals surface area contributed by atoms with Crippen LogP contribution in [0.3, 0.4) is 0 Å². The highest BCUT2D eigenvalue weighted by atomic mass is 32.3. The summed E-state index contributed by atoms with van der Waals surface area (Å²) < 4.78 is 220. The van der Waals surface area contributed by atoms with Crippen LogP contribution in [-0.2, 0) is 19.7 Å². The lowest BCUT2D eigenvalue weighted by molar-refractivity contribution is -0.551. The molecule has 0 aromatic carbocycles. The predicted octanol–water partition coefficient (Wildman–Crippen LogP) is 4.48. The summed E-state index contributed by atoms with van der Waals surface area (Å²) >= 11 is 0. The van der Waals surface area contributed by atoms with Crippen LogP contribution in [0.5, 0.6) is 0 Å². The number of rotatable bonds is 7. The summed E-state index contributed by atoms with van der Waals surface area (Å²) in [6.45, 7) is 0. The fourth-order valence-corrected chi connectivity index (χ4v) is 1.27. The van der Waals surface area contributed by atoms with E-state index >= 15 is 0 Å². The van der Waals surface area contributed by atoms with Gasteiger partial charge in [0.1, 0.15) is 0 Å². The molecule has 0 bridgehead atoms. The molecule has 0 spiro atoms. The normalized spacial score (nSPS) is 18.1. The first-order chi connectivity index (χ1) is 11.7. The van der Waals surface area contributed by atoms with Crippen LogP contribution in [0.15, 0.2) is 0 Å². The highest BCUT2D eigenvalue weighted by Gasteiger charge is 2.84. The summed E-state index contributed by atoms with van der Waals surface area (Å²) in [5.74, 6) is -7.98. The monoisotopic (exact) mass is 484 g/mol. The van der Waals surface area contributed by atoms with Crippen molar-refractivity contribution in [3.8, 4) is 0 Å². The molecule has 0 fully saturated rings. The molecule has 28 heavy (non-hydrogen) atoms. The van der Waals surface area contributed by atoms with Crippen LogP contribution >= 0.6 is 0 Å². The van der Waals surface area contributed by atoms with E-state index in [-0.39, 0.29) is 0 Å². The summed E-state index contributed by atoms with van der Waals surface area (Å²) in [5.41, 5.74) is 0. The lowest BCUT2D eigenvalue weighted by Gasteiger charge is -2.38. The smallest absolute Gasteiger partial charge is 0.262 e. The minimum absolute atomic E-state index is 1.19. The SMILES string of the molecule is O=S(=O)(F)C(F)(F)C(F)(F)O[C@](F)(C(F)(F)F)C(F)(F)OC(F)(F)C(F)(F)F. The van der Waals surface area contributed by atoms with Gasteiger partial charge < -0.3 is 0 Å². The van der Waals surface area contributed by atoms with Gasteiger partial charge in [-0.3, -0.25) is 4.74 Å². The fraction of sp³-hybridized carbons (Fsp3) is 1.00. The van der Waals surface area contributed by atoms with Crippen molar-refractivity contribution in [3.63, 3.8) is 0 Å². The van der Waals surface area contributed by atoms with Crippen molar-refractivity contribution >= 4 is 10.2 Å². The van der Waals surface area contributed by atoms with Crippen molar-refractivity contribution in [2.24, 2.45) is 0 Å². The Labute approximate surface area is 141 Å². The van der Waals surface area contributed by atoms with Gasteiger partial charge in [-0.25, -0.2) is 4.74 Å². The van der Waals surface area contributed by atoms with Gasteiger partial charge in [0.2, 0.25) is 0 Å². The first kappa shape index (κ1) is 26.8. The number of alkyl halides is 15. The Hall–Kier alpha value is -1.25. The van der Waals surface area contributed by atoms with E-state index in [0.717, 1.165) is 0 Å². The molecule has 0 saturated carbocycles. The molecule has 0 aromatic rings. The second-order valence-electron chi connectivity index (χ2n) is 4.30. The number of hydrogen-bond donors (Lipinski definition) is 0. The van der Waals surface area contributed by atoms with E-state index in [0.29, 0.717) is 0 Å². The summed E-state index contributed by atoms with van der Waals surface area (Å²) in [6.07, 6.45) is -38.2. The number of hydrogen-bond acceptors (Lipinski definition) is 4. The van der Waals surface area contributed by atoms with Gasteiger partial charge in [0.05, 0.1) is 0 Å². The van der Waals surface area contributed by atoms with E-state index in [1.165, 1.54) is 9.47 Å². The molecule has 4 nitrogen and oxygen atoms in total. The third-order valence-electron chi connectivity index (χ3n) is 2.24.